The molecule has 1 heterocycles. The molecule has 2 aromatic rings. The maximum atomic E-state index is 5.71. The number of nitrogen functional groups attached to an aromatic ring is 1. The van der Waals surface area contributed by atoms with E-state index in [0.29, 0.717) is 0 Å². The third kappa shape index (κ3) is 1.37. The molecule has 0 saturated carbocycles. The molecule has 0 aliphatic heterocycles. The number of nitrogens with two attached hydrogens (primary N) is 1. The van der Waals surface area contributed by atoms with E-state index in [4.69, 9.17) is 5.73 Å². The molecular formula is C10H13N3. The van der Waals surface area contributed by atoms with E-state index in [1.807, 2.05) is 29.1 Å². The summed E-state index contributed by atoms with van der Waals surface area (Å²) >= 11 is 0. The van der Waals surface area contributed by atoms with Gasteiger partial charge in [-0.2, -0.15) is 5.10 Å². The van der Waals surface area contributed by atoms with Crippen LogP contribution in [0.3, 0.4) is 0 Å². The first-order valence-electron chi connectivity index (χ1n) is 4.52. The van der Waals surface area contributed by atoms with Gasteiger partial charge in [0, 0.05) is 17.6 Å². The summed E-state index contributed by atoms with van der Waals surface area (Å²) in [4.78, 5) is 0. The first kappa shape index (κ1) is 8.10. The lowest BCUT2D eigenvalue weighted by molar-refractivity contribution is 0.622. The maximum absolute atomic E-state index is 5.71. The van der Waals surface area contributed by atoms with Crippen molar-refractivity contribution in [1.29, 1.82) is 0 Å². The average molecular weight is 175 g/mol. The molecule has 2 rings (SSSR count). The van der Waals surface area contributed by atoms with Crippen molar-refractivity contribution in [3.8, 4) is 0 Å². The molecule has 0 aliphatic carbocycles. The zero-order valence-electron chi connectivity index (χ0n) is 7.70. The Bertz CT molecular complexity index is 417. The van der Waals surface area contributed by atoms with E-state index in [9.17, 15) is 0 Å². The van der Waals surface area contributed by atoms with Crippen molar-refractivity contribution in [2.45, 2.75) is 19.9 Å². The predicted octanol–water partition coefficient (Wildman–Crippen LogP) is 2.03. The highest BCUT2D eigenvalue weighted by Gasteiger charge is 2.00. The molecule has 1 aromatic heterocycles. The number of hydrogen-bond acceptors (Lipinski definition) is 2. The van der Waals surface area contributed by atoms with E-state index in [2.05, 4.69) is 12.0 Å². The van der Waals surface area contributed by atoms with Gasteiger partial charge in [-0.25, -0.2) is 0 Å². The van der Waals surface area contributed by atoms with Gasteiger partial charge < -0.3 is 5.73 Å². The Morgan fingerprint density at radius 2 is 2.31 bits per heavy atom. The van der Waals surface area contributed by atoms with Gasteiger partial charge in [-0.1, -0.05) is 6.92 Å². The van der Waals surface area contributed by atoms with Crippen LogP contribution in [0.25, 0.3) is 10.9 Å². The first-order valence-corrected chi connectivity index (χ1v) is 4.52. The summed E-state index contributed by atoms with van der Waals surface area (Å²) in [5, 5.41) is 5.44. The van der Waals surface area contributed by atoms with Gasteiger partial charge >= 0.3 is 0 Å². The summed E-state index contributed by atoms with van der Waals surface area (Å²) in [6, 6.07) is 5.88. The molecule has 3 heteroatoms. The molecule has 2 N–H and O–H groups in total. The molecule has 3 nitrogen and oxygen atoms in total. The largest absolute Gasteiger partial charge is 0.399 e. The van der Waals surface area contributed by atoms with Gasteiger partial charge in [0.2, 0.25) is 0 Å². The Hall–Kier alpha value is -1.51. The summed E-state index contributed by atoms with van der Waals surface area (Å²) < 4.78 is 1.99. The molecule has 1 aromatic carbocycles. The lowest BCUT2D eigenvalue weighted by Crippen LogP contribution is -1.98. The van der Waals surface area contributed by atoms with Crippen LogP contribution in [0.4, 0.5) is 5.69 Å². The maximum Gasteiger partial charge on any atom is 0.0702 e. The number of nitrogens with zero attached hydrogens (tertiary/aromatic N) is 2. The summed E-state index contributed by atoms with van der Waals surface area (Å²) in [6.45, 7) is 3.09. The van der Waals surface area contributed by atoms with Crippen LogP contribution in [0.5, 0.6) is 0 Å². The van der Waals surface area contributed by atoms with Crippen molar-refractivity contribution in [2.75, 3.05) is 5.73 Å². The van der Waals surface area contributed by atoms with E-state index in [1.54, 1.807) is 0 Å². The summed E-state index contributed by atoms with van der Waals surface area (Å²) in [7, 11) is 0. The highest BCUT2D eigenvalue weighted by Crippen LogP contribution is 2.16. The molecule has 0 bridgehead atoms. The van der Waals surface area contributed by atoms with Crippen LogP contribution in [0.1, 0.15) is 13.3 Å². The van der Waals surface area contributed by atoms with Crippen LogP contribution in [0.2, 0.25) is 0 Å². The van der Waals surface area contributed by atoms with E-state index >= 15 is 0 Å². The monoisotopic (exact) mass is 175 g/mol. The van der Waals surface area contributed by atoms with Gasteiger partial charge in [0.15, 0.2) is 0 Å². The normalized spacial score (nSPS) is 10.8. The quantitative estimate of drug-likeness (QED) is 0.710. The van der Waals surface area contributed by atoms with Crippen LogP contribution < -0.4 is 5.73 Å². The minimum absolute atomic E-state index is 0.797. The second-order valence-corrected chi connectivity index (χ2v) is 3.19. The van der Waals surface area contributed by atoms with Crippen molar-refractivity contribution in [3.63, 3.8) is 0 Å². The molecule has 68 valence electrons. The molecule has 0 aliphatic rings. The van der Waals surface area contributed by atoms with Crippen LogP contribution >= 0.6 is 0 Å². The fourth-order valence-electron chi connectivity index (χ4n) is 1.48. The standard InChI is InChI=1S/C10H13N3/c1-2-5-13-10-6-9(11)4-3-8(10)7-12-13/h3-4,6-7H,2,5,11H2,1H3. The minimum atomic E-state index is 0.797. The Labute approximate surface area is 77.2 Å². The molecule has 0 saturated heterocycles. The second-order valence-electron chi connectivity index (χ2n) is 3.19. The zero-order chi connectivity index (χ0) is 9.26. The van der Waals surface area contributed by atoms with Crippen molar-refractivity contribution >= 4 is 16.6 Å². The van der Waals surface area contributed by atoms with Crippen LogP contribution in [-0.4, -0.2) is 9.78 Å². The third-order valence-corrected chi connectivity index (χ3v) is 2.10. The Kier molecular flexibility index (Phi) is 1.93. The number of aromatic nitrogens is 2. The van der Waals surface area contributed by atoms with Crippen molar-refractivity contribution in [2.24, 2.45) is 0 Å². The van der Waals surface area contributed by atoms with Crippen molar-refractivity contribution in [3.05, 3.63) is 24.4 Å². The summed E-state index contributed by atoms with van der Waals surface area (Å²) in [5.41, 5.74) is 7.63. The number of fused-ring (bicyclic) bond motifs is 1. The van der Waals surface area contributed by atoms with Crippen molar-refractivity contribution < 1.29 is 0 Å². The van der Waals surface area contributed by atoms with E-state index in [0.717, 1.165) is 29.6 Å². The van der Waals surface area contributed by atoms with Gasteiger partial charge in [-0.3, -0.25) is 4.68 Å². The number of anilines is 1. The zero-order valence-corrected chi connectivity index (χ0v) is 7.70. The van der Waals surface area contributed by atoms with Gasteiger partial charge in [-0.15, -0.1) is 0 Å². The van der Waals surface area contributed by atoms with Gasteiger partial charge in [-0.05, 0) is 24.6 Å². The van der Waals surface area contributed by atoms with E-state index in [-0.39, 0.29) is 0 Å². The fourth-order valence-corrected chi connectivity index (χ4v) is 1.48. The molecule has 0 amide bonds. The van der Waals surface area contributed by atoms with Crippen LogP contribution in [-0.2, 0) is 6.54 Å². The number of hydrogen-bond donors (Lipinski definition) is 1. The number of rotatable bonds is 2. The molecule has 0 atom stereocenters. The Morgan fingerprint density at radius 3 is 3.08 bits per heavy atom. The third-order valence-electron chi connectivity index (χ3n) is 2.10. The lowest BCUT2D eigenvalue weighted by Gasteiger charge is -2.00. The summed E-state index contributed by atoms with van der Waals surface area (Å²) in [6.07, 6.45) is 2.97. The molecule has 0 radical (unpaired) electrons. The van der Waals surface area contributed by atoms with Gasteiger partial charge in [0.05, 0.1) is 11.7 Å². The van der Waals surface area contributed by atoms with Gasteiger partial charge in [0.1, 0.15) is 0 Å². The second kappa shape index (κ2) is 3.09. The summed E-state index contributed by atoms with van der Waals surface area (Å²) in [5.74, 6) is 0. The molecule has 0 spiro atoms. The van der Waals surface area contributed by atoms with E-state index < -0.39 is 0 Å². The average Bonchev–Trinajstić information content (AvgIpc) is 2.49. The Morgan fingerprint density at radius 1 is 1.46 bits per heavy atom. The molecule has 0 unspecified atom stereocenters. The van der Waals surface area contributed by atoms with Crippen LogP contribution in [0, 0.1) is 0 Å². The van der Waals surface area contributed by atoms with E-state index in [1.165, 1.54) is 0 Å². The SMILES string of the molecule is CCCn1ncc2ccc(N)cc21. The molecule has 0 fully saturated rings. The Balaban J connectivity index is 2.58. The molecule has 13 heavy (non-hydrogen) atoms. The molecular weight excluding hydrogens is 162 g/mol. The van der Waals surface area contributed by atoms with Gasteiger partial charge in [0.25, 0.3) is 0 Å². The topological polar surface area (TPSA) is 43.8 Å². The van der Waals surface area contributed by atoms with Crippen molar-refractivity contribution in [1.82, 2.24) is 9.78 Å². The smallest absolute Gasteiger partial charge is 0.0702 e. The lowest BCUT2D eigenvalue weighted by atomic mass is 10.2. The first-order chi connectivity index (χ1) is 6.31. The van der Waals surface area contributed by atoms with Crippen LogP contribution in [0.15, 0.2) is 24.4 Å². The minimum Gasteiger partial charge on any atom is -0.399 e. The highest BCUT2D eigenvalue weighted by molar-refractivity contribution is 5.81. The highest BCUT2D eigenvalue weighted by atomic mass is 15.3. The number of aryl methyl sites for hydroxylation is 1. The number of benzene rings is 1. The predicted molar refractivity (Wildman–Crippen MR) is 54.4 cm³/mol. The fraction of sp³-hybridized carbons (Fsp3) is 0.300.